The Labute approximate surface area is 210 Å². The molecular weight excluding hydrogens is 457 g/mol. The molecule has 2 atom stereocenters. The van der Waals surface area contributed by atoms with E-state index in [1.165, 1.54) is 12.1 Å². The molecular formula is C29H40FNO3Si. The maximum Gasteiger partial charge on any atom is 0.318 e. The van der Waals surface area contributed by atoms with Crippen molar-refractivity contribution in [2.75, 3.05) is 0 Å². The van der Waals surface area contributed by atoms with Crippen LogP contribution in [0.4, 0.5) is 4.39 Å². The maximum absolute atomic E-state index is 13.9. The van der Waals surface area contributed by atoms with E-state index in [9.17, 15) is 14.3 Å². The van der Waals surface area contributed by atoms with Crippen molar-refractivity contribution >= 4 is 25.2 Å². The fraction of sp³-hybridized carbons (Fsp3) is 0.483. The van der Waals surface area contributed by atoms with Crippen LogP contribution in [0.2, 0.25) is 18.1 Å². The molecule has 1 heterocycles. The molecule has 2 aromatic carbocycles. The number of hydrogen-bond donors (Lipinski definition) is 1. The molecule has 35 heavy (non-hydrogen) atoms. The zero-order valence-electron chi connectivity index (χ0n) is 22.6. The molecule has 0 aliphatic heterocycles. The van der Waals surface area contributed by atoms with E-state index in [0.29, 0.717) is 12.1 Å². The van der Waals surface area contributed by atoms with Gasteiger partial charge in [0.1, 0.15) is 11.2 Å². The molecule has 6 heteroatoms. The van der Waals surface area contributed by atoms with Crippen molar-refractivity contribution in [3.05, 3.63) is 60.0 Å². The Morgan fingerprint density at radius 1 is 1.06 bits per heavy atom. The summed E-state index contributed by atoms with van der Waals surface area (Å²) < 4.78 is 22.9. The summed E-state index contributed by atoms with van der Waals surface area (Å²) in [4.78, 5) is 13.3. The van der Waals surface area contributed by atoms with Gasteiger partial charge >= 0.3 is 5.97 Å². The van der Waals surface area contributed by atoms with Crippen molar-refractivity contribution in [3.63, 3.8) is 0 Å². The Bertz CT molecular complexity index is 1210. The molecule has 190 valence electrons. The second-order valence-corrected chi connectivity index (χ2v) is 16.3. The monoisotopic (exact) mass is 497 g/mol. The predicted octanol–water partition coefficient (Wildman–Crippen LogP) is 8.17. The lowest BCUT2D eigenvalue weighted by Gasteiger charge is -2.44. The van der Waals surface area contributed by atoms with E-state index in [0.717, 1.165) is 22.0 Å². The second-order valence-electron chi connectivity index (χ2n) is 11.5. The molecule has 1 aromatic heterocycles. The van der Waals surface area contributed by atoms with Crippen molar-refractivity contribution in [1.82, 2.24) is 4.57 Å². The molecule has 0 aliphatic carbocycles. The number of para-hydroxylation sites is 1. The SMILES string of the molecule is CC[C@H](O[Si](C)(C)C(C)(C)C)C(C)(C(=O)O)c1c(-c2ccc(F)cc2)c2ccccc2n1C(C)C. The van der Waals surface area contributed by atoms with Crippen LogP contribution >= 0.6 is 0 Å². The van der Waals surface area contributed by atoms with E-state index in [-0.39, 0.29) is 16.9 Å². The highest BCUT2D eigenvalue weighted by Crippen LogP contribution is 2.47. The van der Waals surface area contributed by atoms with Crippen molar-refractivity contribution in [1.29, 1.82) is 0 Å². The minimum absolute atomic E-state index is 0.00755. The lowest BCUT2D eigenvalue weighted by Crippen LogP contribution is -2.53. The summed E-state index contributed by atoms with van der Waals surface area (Å²) in [5.74, 6) is -1.24. The smallest absolute Gasteiger partial charge is 0.318 e. The number of hydrogen-bond acceptors (Lipinski definition) is 2. The summed E-state index contributed by atoms with van der Waals surface area (Å²) in [5.41, 5.74) is 1.96. The number of fused-ring (bicyclic) bond motifs is 1. The summed E-state index contributed by atoms with van der Waals surface area (Å²) >= 11 is 0. The first-order valence-corrected chi connectivity index (χ1v) is 15.4. The Morgan fingerprint density at radius 3 is 2.11 bits per heavy atom. The van der Waals surface area contributed by atoms with Crippen LogP contribution in [0.5, 0.6) is 0 Å². The number of nitrogens with zero attached hydrogens (tertiary/aromatic N) is 1. The fourth-order valence-corrected chi connectivity index (χ4v) is 6.22. The first-order valence-electron chi connectivity index (χ1n) is 12.5. The van der Waals surface area contributed by atoms with Crippen LogP contribution in [0.25, 0.3) is 22.0 Å². The van der Waals surface area contributed by atoms with Crippen molar-refractivity contribution in [2.24, 2.45) is 0 Å². The van der Waals surface area contributed by atoms with Gasteiger partial charge in [-0.25, -0.2) is 4.39 Å². The van der Waals surface area contributed by atoms with Gasteiger partial charge in [0, 0.05) is 28.2 Å². The van der Waals surface area contributed by atoms with Crippen LogP contribution < -0.4 is 0 Å². The van der Waals surface area contributed by atoms with Gasteiger partial charge in [0.25, 0.3) is 0 Å². The maximum atomic E-state index is 13.9. The van der Waals surface area contributed by atoms with E-state index < -0.39 is 25.8 Å². The molecule has 3 aromatic rings. The Balaban J connectivity index is 2.44. The molecule has 0 bridgehead atoms. The number of aromatic nitrogens is 1. The van der Waals surface area contributed by atoms with Crippen molar-refractivity contribution < 1.29 is 18.7 Å². The Morgan fingerprint density at radius 2 is 1.63 bits per heavy atom. The van der Waals surface area contributed by atoms with Crippen LogP contribution in [0, 0.1) is 5.82 Å². The topological polar surface area (TPSA) is 51.5 Å². The molecule has 0 saturated carbocycles. The van der Waals surface area contributed by atoms with Gasteiger partial charge in [0.05, 0.1) is 6.10 Å². The predicted molar refractivity (Wildman–Crippen MR) is 145 cm³/mol. The van der Waals surface area contributed by atoms with E-state index in [1.807, 2.05) is 31.2 Å². The Hall–Kier alpha value is -2.44. The van der Waals surface area contributed by atoms with Gasteiger partial charge in [-0.2, -0.15) is 0 Å². The molecule has 1 N–H and O–H groups in total. The third-order valence-electron chi connectivity index (χ3n) is 7.75. The Kier molecular flexibility index (Phi) is 7.41. The zero-order valence-corrected chi connectivity index (χ0v) is 23.6. The standard InChI is InChI=1S/C29H40FNO3Si/c1-10-24(34-35(8,9)28(4,5)6)29(7,27(32)33)26-25(20-15-17-21(30)18-16-20)22-13-11-12-14-23(22)31(26)19(2)3/h11-19,24H,10H2,1-9H3,(H,32,33)/t24-,29?/m0/s1. The van der Waals surface area contributed by atoms with Gasteiger partial charge in [-0.05, 0) is 69.1 Å². The third-order valence-corrected chi connectivity index (χ3v) is 12.2. The molecule has 0 saturated heterocycles. The number of carboxylic acid groups (broad SMARTS) is 1. The molecule has 0 aliphatic rings. The molecule has 0 radical (unpaired) electrons. The van der Waals surface area contributed by atoms with E-state index >= 15 is 0 Å². The highest BCUT2D eigenvalue weighted by molar-refractivity contribution is 6.74. The quantitative estimate of drug-likeness (QED) is 0.319. The normalized spacial score (nSPS) is 15.4. The number of rotatable bonds is 8. The molecule has 0 amide bonds. The van der Waals surface area contributed by atoms with Crippen LogP contribution in [0.15, 0.2) is 48.5 Å². The van der Waals surface area contributed by atoms with E-state index in [4.69, 9.17) is 4.43 Å². The third kappa shape index (κ3) is 4.70. The van der Waals surface area contributed by atoms with Crippen LogP contribution in [-0.2, 0) is 14.6 Å². The summed E-state index contributed by atoms with van der Waals surface area (Å²) in [6, 6.07) is 14.3. The highest BCUT2D eigenvalue weighted by atomic mass is 28.4. The lowest BCUT2D eigenvalue weighted by atomic mass is 9.76. The van der Waals surface area contributed by atoms with Crippen molar-refractivity contribution in [3.8, 4) is 11.1 Å². The number of benzene rings is 2. The lowest BCUT2D eigenvalue weighted by molar-refractivity contribution is -0.147. The summed E-state index contributed by atoms with van der Waals surface area (Å²) in [6.07, 6.45) is 0.0135. The number of carboxylic acids is 1. The number of aliphatic carboxylic acids is 1. The minimum atomic E-state index is -2.29. The second kappa shape index (κ2) is 9.55. The van der Waals surface area contributed by atoms with Gasteiger partial charge in [0.2, 0.25) is 0 Å². The minimum Gasteiger partial charge on any atom is -0.480 e. The largest absolute Gasteiger partial charge is 0.480 e. The molecule has 4 nitrogen and oxygen atoms in total. The average molecular weight is 498 g/mol. The van der Waals surface area contributed by atoms with Crippen LogP contribution in [0.1, 0.15) is 66.6 Å². The summed E-state index contributed by atoms with van der Waals surface area (Å²) in [6.45, 7) is 18.8. The number of halogens is 1. The summed E-state index contributed by atoms with van der Waals surface area (Å²) in [5, 5.41) is 11.8. The van der Waals surface area contributed by atoms with Crippen molar-refractivity contribution in [2.45, 2.75) is 90.6 Å². The number of carbonyl (C=O) groups is 1. The van der Waals surface area contributed by atoms with Crippen LogP contribution in [0.3, 0.4) is 0 Å². The highest BCUT2D eigenvalue weighted by Gasteiger charge is 2.51. The molecule has 0 spiro atoms. The van der Waals surface area contributed by atoms with Gasteiger partial charge in [-0.1, -0.05) is 58.0 Å². The van der Waals surface area contributed by atoms with Crippen LogP contribution in [-0.4, -0.2) is 30.1 Å². The molecule has 3 rings (SSSR count). The molecule has 0 fully saturated rings. The van der Waals surface area contributed by atoms with E-state index in [1.54, 1.807) is 19.1 Å². The van der Waals surface area contributed by atoms with E-state index in [2.05, 4.69) is 52.3 Å². The molecule has 1 unspecified atom stereocenters. The first-order chi connectivity index (χ1) is 16.2. The summed E-state index contributed by atoms with van der Waals surface area (Å²) in [7, 11) is -2.29. The van der Waals surface area contributed by atoms with Gasteiger partial charge in [-0.3, -0.25) is 4.79 Å². The van der Waals surface area contributed by atoms with Gasteiger partial charge < -0.3 is 14.1 Å². The first kappa shape index (κ1) is 27.1. The average Bonchev–Trinajstić information content (AvgIpc) is 3.12. The van der Waals surface area contributed by atoms with Gasteiger partial charge in [-0.15, -0.1) is 0 Å². The van der Waals surface area contributed by atoms with Gasteiger partial charge in [0.15, 0.2) is 8.32 Å². The fourth-order valence-electron chi connectivity index (χ4n) is 4.75. The zero-order chi connectivity index (χ0) is 26.3.